The summed E-state index contributed by atoms with van der Waals surface area (Å²) in [7, 11) is 0. The first-order valence-corrected chi connectivity index (χ1v) is 10.3. The molecule has 4 rings (SSSR count). The minimum Gasteiger partial charge on any atom is -0.346 e. The monoisotopic (exact) mass is 435 g/mol. The minimum atomic E-state index is -0.413. The molecule has 9 heteroatoms. The molecule has 0 aliphatic carbocycles. The second-order valence-electron chi connectivity index (χ2n) is 6.80. The van der Waals surface area contributed by atoms with Gasteiger partial charge in [-0.05, 0) is 42.8 Å². The number of thiazole rings is 1. The number of benzene rings is 1. The van der Waals surface area contributed by atoms with E-state index in [1.807, 2.05) is 19.1 Å². The van der Waals surface area contributed by atoms with E-state index in [1.54, 1.807) is 24.5 Å². The second-order valence-corrected chi connectivity index (χ2v) is 7.88. The fraction of sp³-hybridized carbons (Fsp3) is 0.136. The van der Waals surface area contributed by atoms with E-state index in [4.69, 9.17) is 0 Å². The number of nitrogens with one attached hydrogen (secondary N) is 1. The number of carbonyl (C=O) groups is 1. The lowest BCUT2D eigenvalue weighted by atomic mass is 10.2. The summed E-state index contributed by atoms with van der Waals surface area (Å²) >= 11 is 1.48. The van der Waals surface area contributed by atoms with Crippen molar-refractivity contribution in [2.45, 2.75) is 20.0 Å². The van der Waals surface area contributed by atoms with Crippen LogP contribution in [0.4, 0.5) is 4.39 Å². The summed E-state index contributed by atoms with van der Waals surface area (Å²) in [4.78, 5) is 34.3. The molecule has 4 aromatic rings. The number of rotatable bonds is 6. The highest BCUT2D eigenvalue weighted by Crippen LogP contribution is 2.27. The van der Waals surface area contributed by atoms with Crippen molar-refractivity contribution in [3.8, 4) is 10.6 Å². The number of aromatic nitrogens is 4. The number of carbonyl (C=O) groups excluding carboxylic acids is 1. The van der Waals surface area contributed by atoms with Crippen molar-refractivity contribution in [1.82, 2.24) is 25.1 Å². The summed E-state index contributed by atoms with van der Waals surface area (Å²) in [6.07, 6.45) is 3.44. The highest BCUT2D eigenvalue weighted by atomic mass is 32.1. The standard InChI is InChI=1S/C22H18FN5O2S/c1-14-19(31-22(26-14)16-5-3-9-24-11-16)12-25-21(30)18-7-8-20(29)28(27-18)13-15-4-2-6-17(23)10-15/h2-11H,12-13H2,1H3,(H,25,30). The van der Waals surface area contributed by atoms with Gasteiger partial charge in [0.1, 0.15) is 16.5 Å². The van der Waals surface area contributed by atoms with Gasteiger partial charge in [-0.25, -0.2) is 14.1 Å². The van der Waals surface area contributed by atoms with E-state index in [-0.39, 0.29) is 24.3 Å². The molecule has 156 valence electrons. The Bertz CT molecular complexity index is 1290. The third kappa shape index (κ3) is 4.89. The first kappa shape index (κ1) is 20.5. The van der Waals surface area contributed by atoms with Crippen molar-refractivity contribution in [3.63, 3.8) is 0 Å². The summed E-state index contributed by atoms with van der Waals surface area (Å²) in [5.41, 5.74) is 2.05. The van der Waals surface area contributed by atoms with Crippen molar-refractivity contribution in [3.05, 3.63) is 98.9 Å². The minimum absolute atomic E-state index is 0.0696. The van der Waals surface area contributed by atoms with Crippen molar-refractivity contribution in [2.24, 2.45) is 0 Å². The van der Waals surface area contributed by atoms with E-state index in [2.05, 4.69) is 20.4 Å². The molecule has 0 bridgehead atoms. The highest BCUT2D eigenvalue weighted by Gasteiger charge is 2.14. The average molecular weight is 435 g/mol. The van der Waals surface area contributed by atoms with Crippen molar-refractivity contribution in [1.29, 1.82) is 0 Å². The lowest BCUT2D eigenvalue weighted by Gasteiger charge is -2.08. The zero-order chi connectivity index (χ0) is 21.8. The molecule has 0 fully saturated rings. The van der Waals surface area contributed by atoms with Gasteiger partial charge >= 0.3 is 0 Å². The van der Waals surface area contributed by atoms with Crippen LogP contribution in [0.5, 0.6) is 0 Å². The Labute approximate surface area is 181 Å². The number of hydrogen-bond acceptors (Lipinski definition) is 6. The van der Waals surface area contributed by atoms with Gasteiger partial charge in [0.2, 0.25) is 0 Å². The quantitative estimate of drug-likeness (QED) is 0.502. The summed E-state index contributed by atoms with van der Waals surface area (Å²) in [6, 6.07) is 12.3. The van der Waals surface area contributed by atoms with E-state index in [9.17, 15) is 14.0 Å². The maximum atomic E-state index is 13.4. The van der Waals surface area contributed by atoms with Crippen LogP contribution < -0.4 is 10.9 Å². The summed E-state index contributed by atoms with van der Waals surface area (Å²) in [5.74, 6) is -0.811. The van der Waals surface area contributed by atoms with Gasteiger partial charge < -0.3 is 5.32 Å². The van der Waals surface area contributed by atoms with Crippen LogP contribution in [0.1, 0.15) is 26.6 Å². The number of pyridine rings is 1. The summed E-state index contributed by atoms with van der Waals surface area (Å²) in [5, 5.41) is 7.78. The normalized spacial score (nSPS) is 10.8. The van der Waals surface area contributed by atoms with Gasteiger partial charge in [0, 0.05) is 28.9 Å². The van der Waals surface area contributed by atoms with Crippen molar-refractivity contribution in [2.75, 3.05) is 0 Å². The van der Waals surface area contributed by atoms with Gasteiger partial charge in [0.15, 0.2) is 0 Å². The molecule has 1 amide bonds. The molecular weight excluding hydrogens is 417 g/mol. The summed E-state index contributed by atoms with van der Waals surface area (Å²) in [6.45, 7) is 2.24. The molecule has 0 aliphatic rings. The van der Waals surface area contributed by atoms with Crippen LogP contribution in [0.15, 0.2) is 65.7 Å². The molecule has 3 aromatic heterocycles. The second kappa shape index (κ2) is 8.97. The maximum Gasteiger partial charge on any atom is 0.272 e. The molecule has 0 spiro atoms. The first-order chi connectivity index (χ1) is 15.0. The van der Waals surface area contributed by atoms with Gasteiger partial charge in [0.05, 0.1) is 18.8 Å². The van der Waals surface area contributed by atoms with Gasteiger partial charge in [-0.2, -0.15) is 5.10 Å². The molecular formula is C22H18FN5O2S. The SMILES string of the molecule is Cc1nc(-c2cccnc2)sc1CNC(=O)c1ccc(=O)n(Cc2cccc(F)c2)n1. The number of hydrogen-bond donors (Lipinski definition) is 1. The molecule has 0 saturated carbocycles. The lowest BCUT2D eigenvalue weighted by Crippen LogP contribution is -2.29. The van der Waals surface area contributed by atoms with Crippen LogP contribution in [-0.4, -0.2) is 25.7 Å². The largest absolute Gasteiger partial charge is 0.346 e. The molecule has 0 unspecified atom stereocenters. The third-order valence-corrected chi connectivity index (χ3v) is 5.74. The fourth-order valence-corrected chi connectivity index (χ4v) is 3.94. The molecule has 1 N–H and O–H groups in total. The molecule has 0 radical (unpaired) electrons. The predicted molar refractivity (Wildman–Crippen MR) is 115 cm³/mol. The maximum absolute atomic E-state index is 13.4. The average Bonchev–Trinajstić information content (AvgIpc) is 3.15. The zero-order valence-corrected chi connectivity index (χ0v) is 17.4. The Morgan fingerprint density at radius 3 is 2.84 bits per heavy atom. The van der Waals surface area contributed by atoms with Gasteiger partial charge in [0.25, 0.3) is 11.5 Å². The van der Waals surface area contributed by atoms with E-state index in [1.165, 1.54) is 35.6 Å². The van der Waals surface area contributed by atoms with Gasteiger partial charge in [-0.3, -0.25) is 14.6 Å². The predicted octanol–water partition coefficient (Wildman–Crippen LogP) is 3.19. The number of amides is 1. The van der Waals surface area contributed by atoms with Crippen LogP contribution in [0, 0.1) is 12.7 Å². The number of aryl methyl sites for hydroxylation is 1. The van der Waals surface area contributed by atoms with Crippen LogP contribution in [0.25, 0.3) is 10.6 Å². The van der Waals surface area contributed by atoms with E-state index >= 15 is 0 Å². The smallest absolute Gasteiger partial charge is 0.272 e. The van der Waals surface area contributed by atoms with E-state index < -0.39 is 11.7 Å². The fourth-order valence-electron chi connectivity index (χ4n) is 2.95. The lowest BCUT2D eigenvalue weighted by molar-refractivity contribution is 0.0943. The Morgan fingerprint density at radius 2 is 2.06 bits per heavy atom. The van der Waals surface area contributed by atoms with Crippen LogP contribution in [0.3, 0.4) is 0 Å². The van der Waals surface area contributed by atoms with Gasteiger partial charge in [-0.15, -0.1) is 11.3 Å². The molecule has 0 aliphatic heterocycles. The molecule has 31 heavy (non-hydrogen) atoms. The number of nitrogens with zero attached hydrogens (tertiary/aromatic N) is 4. The summed E-state index contributed by atoms with van der Waals surface area (Å²) < 4.78 is 14.5. The van der Waals surface area contributed by atoms with Crippen molar-refractivity contribution < 1.29 is 9.18 Å². The Kier molecular flexibility index (Phi) is 5.94. The van der Waals surface area contributed by atoms with Crippen molar-refractivity contribution >= 4 is 17.2 Å². The Balaban J connectivity index is 1.47. The molecule has 1 aromatic carbocycles. The van der Waals surface area contributed by atoms with Crippen LogP contribution in [0.2, 0.25) is 0 Å². The zero-order valence-electron chi connectivity index (χ0n) is 16.6. The molecule has 0 atom stereocenters. The Hall–Kier alpha value is -3.72. The van der Waals surface area contributed by atoms with E-state index in [0.717, 1.165) is 25.8 Å². The van der Waals surface area contributed by atoms with E-state index in [0.29, 0.717) is 5.56 Å². The van der Waals surface area contributed by atoms with Crippen LogP contribution in [-0.2, 0) is 13.1 Å². The molecule has 0 saturated heterocycles. The molecule has 7 nitrogen and oxygen atoms in total. The Morgan fingerprint density at radius 1 is 1.19 bits per heavy atom. The third-order valence-electron chi connectivity index (χ3n) is 4.53. The highest BCUT2D eigenvalue weighted by molar-refractivity contribution is 7.15. The first-order valence-electron chi connectivity index (χ1n) is 9.47. The van der Waals surface area contributed by atoms with Gasteiger partial charge in [-0.1, -0.05) is 12.1 Å². The number of halogens is 1. The molecule has 3 heterocycles. The topological polar surface area (TPSA) is 89.8 Å². The van der Waals surface area contributed by atoms with Crippen LogP contribution >= 0.6 is 11.3 Å².